The second-order valence-corrected chi connectivity index (χ2v) is 7.98. The fourth-order valence-corrected chi connectivity index (χ4v) is 4.17. The minimum atomic E-state index is -1.25. The zero-order chi connectivity index (χ0) is 22.2. The van der Waals surface area contributed by atoms with Crippen molar-refractivity contribution in [2.24, 2.45) is 0 Å². The van der Waals surface area contributed by atoms with Gasteiger partial charge in [-0.15, -0.1) is 0 Å². The van der Waals surface area contributed by atoms with E-state index < -0.39 is 17.5 Å². The molecule has 0 spiro atoms. The molecule has 1 saturated heterocycles. The number of ketones is 1. The van der Waals surface area contributed by atoms with Crippen LogP contribution in [0.5, 0.6) is 0 Å². The Morgan fingerprint density at radius 3 is 2.50 bits per heavy atom. The van der Waals surface area contributed by atoms with Crippen molar-refractivity contribution < 1.29 is 23.5 Å². The summed E-state index contributed by atoms with van der Waals surface area (Å²) in [6, 6.07) is 2.97. The standard InChI is InChI=1S/C22H29N3O5/c1-13-10-17(15(3)24(13)8-7-9-29-6)19(26)12-25-20(27)22(5,23-21(25)28)18-11-14(2)30-16(18)4/h10-11H,7-9,12H2,1-6H3,(H,23,28). The van der Waals surface area contributed by atoms with Crippen molar-refractivity contribution >= 4 is 17.7 Å². The smallest absolute Gasteiger partial charge is 0.325 e. The maximum absolute atomic E-state index is 13.1. The molecule has 2 aromatic rings. The Morgan fingerprint density at radius 2 is 1.90 bits per heavy atom. The third-order valence-corrected chi connectivity index (χ3v) is 5.76. The van der Waals surface area contributed by atoms with Crippen molar-refractivity contribution in [1.82, 2.24) is 14.8 Å². The topological polar surface area (TPSA) is 93.8 Å². The van der Waals surface area contributed by atoms with Crippen LogP contribution >= 0.6 is 0 Å². The molecule has 0 saturated carbocycles. The summed E-state index contributed by atoms with van der Waals surface area (Å²) in [7, 11) is 1.66. The number of Topliss-reactive ketones (excluding diaryl/α,β-unsaturated/α-hetero) is 1. The van der Waals surface area contributed by atoms with Gasteiger partial charge in [-0.2, -0.15) is 0 Å². The van der Waals surface area contributed by atoms with Crippen LogP contribution in [0.2, 0.25) is 0 Å². The predicted molar refractivity (Wildman–Crippen MR) is 111 cm³/mol. The third-order valence-electron chi connectivity index (χ3n) is 5.76. The molecule has 30 heavy (non-hydrogen) atoms. The van der Waals surface area contributed by atoms with Gasteiger partial charge in [-0.05, 0) is 53.2 Å². The number of urea groups is 1. The highest BCUT2D eigenvalue weighted by Crippen LogP contribution is 2.33. The monoisotopic (exact) mass is 415 g/mol. The van der Waals surface area contributed by atoms with Gasteiger partial charge < -0.3 is 19.0 Å². The zero-order valence-corrected chi connectivity index (χ0v) is 18.4. The van der Waals surface area contributed by atoms with E-state index in [2.05, 4.69) is 9.88 Å². The van der Waals surface area contributed by atoms with Crippen LogP contribution in [0.15, 0.2) is 16.5 Å². The molecule has 0 bridgehead atoms. The second-order valence-electron chi connectivity index (χ2n) is 7.98. The minimum Gasteiger partial charge on any atom is -0.466 e. The summed E-state index contributed by atoms with van der Waals surface area (Å²) in [6.07, 6.45) is 0.829. The van der Waals surface area contributed by atoms with Crippen LogP contribution in [0, 0.1) is 27.7 Å². The Kier molecular flexibility index (Phi) is 5.90. The Balaban J connectivity index is 1.81. The molecule has 3 heterocycles. The van der Waals surface area contributed by atoms with Crippen LogP contribution < -0.4 is 5.32 Å². The number of imide groups is 1. The number of hydrogen-bond donors (Lipinski definition) is 1. The maximum Gasteiger partial charge on any atom is 0.325 e. The predicted octanol–water partition coefficient (Wildman–Crippen LogP) is 3.00. The van der Waals surface area contributed by atoms with Crippen molar-refractivity contribution in [2.75, 3.05) is 20.3 Å². The van der Waals surface area contributed by atoms with E-state index in [1.807, 2.05) is 19.9 Å². The first-order valence-corrected chi connectivity index (χ1v) is 10.0. The summed E-state index contributed by atoms with van der Waals surface area (Å²) in [6.45, 7) is 10.0. The van der Waals surface area contributed by atoms with Crippen molar-refractivity contribution in [1.29, 1.82) is 0 Å². The van der Waals surface area contributed by atoms with Gasteiger partial charge in [0.1, 0.15) is 17.1 Å². The van der Waals surface area contributed by atoms with Gasteiger partial charge in [0.05, 0.1) is 6.54 Å². The zero-order valence-electron chi connectivity index (χ0n) is 18.4. The van der Waals surface area contributed by atoms with Gasteiger partial charge in [-0.25, -0.2) is 4.79 Å². The van der Waals surface area contributed by atoms with E-state index in [1.165, 1.54) is 0 Å². The number of methoxy groups -OCH3 is 1. The van der Waals surface area contributed by atoms with E-state index in [1.54, 1.807) is 33.9 Å². The fraction of sp³-hybridized carbons (Fsp3) is 0.500. The number of ether oxygens (including phenoxy) is 1. The lowest BCUT2D eigenvalue weighted by atomic mass is 9.92. The molecule has 0 radical (unpaired) electrons. The van der Waals surface area contributed by atoms with E-state index in [4.69, 9.17) is 9.15 Å². The van der Waals surface area contributed by atoms with Crippen molar-refractivity contribution in [3.8, 4) is 0 Å². The lowest BCUT2D eigenvalue weighted by molar-refractivity contribution is -0.130. The molecule has 0 aliphatic carbocycles. The number of aryl methyl sites for hydroxylation is 3. The average Bonchev–Trinajstić information content (AvgIpc) is 3.24. The number of hydrogen-bond acceptors (Lipinski definition) is 5. The largest absolute Gasteiger partial charge is 0.466 e. The molecular weight excluding hydrogens is 386 g/mol. The van der Waals surface area contributed by atoms with E-state index >= 15 is 0 Å². The number of amides is 3. The van der Waals surface area contributed by atoms with Gasteiger partial charge in [0, 0.05) is 42.8 Å². The molecule has 1 fully saturated rings. The van der Waals surface area contributed by atoms with Gasteiger partial charge >= 0.3 is 6.03 Å². The molecule has 1 unspecified atom stereocenters. The van der Waals surface area contributed by atoms with Gasteiger partial charge in [-0.3, -0.25) is 14.5 Å². The Bertz CT molecular complexity index is 1000. The quantitative estimate of drug-likeness (QED) is 0.406. The molecule has 1 atom stereocenters. The van der Waals surface area contributed by atoms with E-state index in [0.717, 1.165) is 29.3 Å². The molecule has 1 aliphatic rings. The highest BCUT2D eigenvalue weighted by molar-refractivity contribution is 6.11. The van der Waals surface area contributed by atoms with Crippen LogP contribution in [0.25, 0.3) is 0 Å². The van der Waals surface area contributed by atoms with Crippen molar-refractivity contribution in [2.45, 2.75) is 53.1 Å². The number of carbonyl (C=O) groups is 3. The number of furan rings is 1. The first-order valence-electron chi connectivity index (χ1n) is 10.0. The number of nitrogens with zero attached hydrogens (tertiary/aromatic N) is 2. The molecule has 0 aromatic carbocycles. The highest BCUT2D eigenvalue weighted by atomic mass is 16.5. The van der Waals surface area contributed by atoms with E-state index in [-0.39, 0.29) is 12.3 Å². The molecule has 8 heteroatoms. The van der Waals surface area contributed by atoms with Crippen molar-refractivity contribution in [3.05, 3.63) is 46.2 Å². The number of rotatable bonds is 8. The normalized spacial score (nSPS) is 18.9. The summed E-state index contributed by atoms with van der Waals surface area (Å²) in [5, 5.41) is 2.73. The molecule has 3 rings (SSSR count). The first-order chi connectivity index (χ1) is 14.1. The van der Waals surface area contributed by atoms with Gasteiger partial charge in [0.15, 0.2) is 5.78 Å². The lowest BCUT2D eigenvalue weighted by Crippen LogP contribution is -2.41. The summed E-state index contributed by atoms with van der Waals surface area (Å²) in [4.78, 5) is 39.7. The minimum absolute atomic E-state index is 0.270. The van der Waals surface area contributed by atoms with Crippen molar-refractivity contribution in [3.63, 3.8) is 0 Å². The molecule has 1 N–H and O–H groups in total. The number of aromatic nitrogens is 1. The summed E-state index contributed by atoms with van der Waals surface area (Å²) in [5.74, 6) is 0.491. The molecule has 2 aromatic heterocycles. The molecular formula is C22H29N3O5. The second kappa shape index (κ2) is 8.10. The Morgan fingerprint density at radius 1 is 1.20 bits per heavy atom. The van der Waals surface area contributed by atoms with Crippen LogP contribution in [-0.4, -0.2) is 47.4 Å². The summed E-state index contributed by atoms with van der Waals surface area (Å²) < 4.78 is 12.7. The highest BCUT2D eigenvalue weighted by Gasteiger charge is 2.51. The van der Waals surface area contributed by atoms with Gasteiger partial charge in [-0.1, -0.05) is 0 Å². The Hall–Kier alpha value is -2.87. The number of carbonyl (C=O) groups excluding carboxylic acids is 3. The molecule has 8 nitrogen and oxygen atoms in total. The van der Waals surface area contributed by atoms with E-state index in [9.17, 15) is 14.4 Å². The maximum atomic E-state index is 13.1. The molecule has 1 aliphatic heterocycles. The van der Waals surface area contributed by atoms with Crippen LogP contribution in [0.3, 0.4) is 0 Å². The number of nitrogens with one attached hydrogen (secondary N) is 1. The van der Waals surface area contributed by atoms with Crippen LogP contribution in [0.4, 0.5) is 4.79 Å². The third kappa shape index (κ3) is 3.67. The van der Waals surface area contributed by atoms with E-state index in [0.29, 0.717) is 29.3 Å². The van der Waals surface area contributed by atoms with Gasteiger partial charge in [0.2, 0.25) is 0 Å². The van der Waals surface area contributed by atoms with Crippen LogP contribution in [0.1, 0.15) is 52.2 Å². The summed E-state index contributed by atoms with van der Waals surface area (Å²) in [5.41, 5.74) is 1.65. The van der Waals surface area contributed by atoms with Gasteiger partial charge in [0.25, 0.3) is 5.91 Å². The SMILES string of the molecule is COCCCn1c(C)cc(C(=O)CN2C(=O)NC(C)(c3cc(C)oc3C)C2=O)c1C. The first kappa shape index (κ1) is 21.8. The molecule has 3 amide bonds. The fourth-order valence-electron chi connectivity index (χ4n) is 4.17. The van der Waals surface area contributed by atoms with Crippen LogP contribution in [-0.2, 0) is 21.6 Å². The summed E-state index contributed by atoms with van der Waals surface area (Å²) >= 11 is 0. The lowest BCUT2D eigenvalue weighted by Gasteiger charge is -2.21. The average molecular weight is 415 g/mol. The molecule has 162 valence electrons. The Labute approximate surface area is 176 Å².